The molecule has 6 nitrogen and oxygen atoms in total. The first-order valence-corrected chi connectivity index (χ1v) is 4.51. The number of hydrogen-bond donors (Lipinski definition) is 1. The molecule has 0 aliphatic heterocycles. The van der Waals surface area contributed by atoms with Crippen LogP contribution in [0.25, 0.3) is 0 Å². The summed E-state index contributed by atoms with van der Waals surface area (Å²) in [5, 5.41) is 22.8. The molecule has 1 aromatic carbocycles. The lowest BCUT2D eigenvalue weighted by molar-refractivity contribution is -0.384. The van der Waals surface area contributed by atoms with Crippen LogP contribution in [0.2, 0.25) is 0 Å². The largest absolute Gasteiger partial charge is 0.548 e. The monoisotopic (exact) mass is 263 g/mol. The Morgan fingerprint density at radius 3 is 2.44 bits per heavy atom. The van der Waals surface area contributed by atoms with E-state index in [0.717, 1.165) is 6.07 Å². The first kappa shape index (κ1) is 13.7. The molecule has 9 heteroatoms. The van der Waals surface area contributed by atoms with E-state index in [9.17, 15) is 33.2 Å². The van der Waals surface area contributed by atoms with Gasteiger partial charge in [0, 0.05) is 6.07 Å². The molecular formula is C9H6F3N2O4-. The molecule has 0 aliphatic carbocycles. The second-order valence-corrected chi connectivity index (χ2v) is 3.21. The molecule has 0 aromatic heterocycles. The molecule has 0 radical (unpaired) electrons. The molecule has 0 unspecified atom stereocenters. The van der Waals surface area contributed by atoms with Crippen molar-refractivity contribution in [3.8, 4) is 0 Å². The minimum Gasteiger partial charge on any atom is -0.548 e. The van der Waals surface area contributed by atoms with Gasteiger partial charge in [-0.3, -0.25) is 10.1 Å². The average Bonchev–Trinajstić information content (AvgIpc) is 2.24. The van der Waals surface area contributed by atoms with E-state index in [4.69, 9.17) is 0 Å². The highest BCUT2D eigenvalue weighted by molar-refractivity contribution is 5.73. The highest BCUT2D eigenvalue weighted by Gasteiger charge is 2.32. The van der Waals surface area contributed by atoms with Crippen LogP contribution in [0.15, 0.2) is 18.2 Å². The topological polar surface area (TPSA) is 95.3 Å². The zero-order valence-corrected chi connectivity index (χ0v) is 8.65. The number of carbonyl (C=O) groups excluding carboxylic acids is 1. The molecule has 98 valence electrons. The number of aliphatic carboxylic acids is 1. The van der Waals surface area contributed by atoms with Crippen LogP contribution in [-0.4, -0.2) is 17.4 Å². The summed E-state index contributed by atoms with van der Waals surface area (Å²) in [5.74, 6) is -1.54. The van der Waals surface area contributed by atoms with E-state index in [-0.39, 0.29) is 5.69 Å². The zero-order valence-electron chi connectivity index (χ0n) is 8.65. The summed E-state index contributed by atoms with van der Waals surface area (Å²) in [6, 6.07) is 1.74. The Hall–Kier alpha value is -2.32. The number of nitrogens with one attached hydrogen (secondary N) is 1. The van der Waals surface area contributed by atoms with E-state index in [1.54, 1.807) is 0 Å². The van der Waals surface area contributed by atoms with Crippen LogP contribution in [0.5, 0.6) is 0 Å². The molecule has 0 saturated carbocycles. The number of benzene rings is 1. The molecule has 0 heterocycles. The van der Waals surface area contributed by atoms with Gasteiger partial charge >= 0.3 is 6.18 Å². The SMILES string of the molecule is O=C([O-])CNc1ccc(C(F)(F)F)cc1[N+](=O)[O-]. The van der Waals surface area contributed by atoms with Crippen molar-refractivity contribution < 1.29 is 28.0 Å². The number of nitro benzene ring substituents is 1. The summed E-state index contributed by atoms with van der Waals surface area (Å²) in [5.41, 5.74) is -2.36. The van der Waals surface area contributed by atoms with E-state index in [2.05, 4.69) is 5.32 Å². The van der Waals surface area contributed by atoms with Gasteiger partial charge in [0.2, 0.25) is 0 Å². The van der Waals surface area contributed by atoms with Crippen molar-refractivity contribution in [3.05, 3.63) is 33.9 Å². The quantitative estimate of drug-likeness (QED) is 0.639. The zero-order chi connectivity index (χ0) is 13.9. The Bertz CT molecular complexity index is 487. The van der Waals surface area contributed by atoms with Gasteiger partial charge in [0.05, 0.1) is 23.0 Å². The average molecular weight is 263 g/mol. The van der Waals surface area contributed by atoms with E-state index >= 15 is 0 Å². The number of carbonyl (C=O) groups is 1. The molecular weight excluding hydrogens is 257 g/mol. The van der Waals surface area contributed by atoms with Gasteiger partial charge in [-0.25, -0.2) is 0 Å². The van der Waals surface area contributed by atoms with Crippen LogP contribution < -0.4 is 10.4 Å². The van der Waals surface area contributed by atoms with E-state index in [1.807, 2.05) is 0 Å². The molecule has 1 N–H and O–H groups in total. The minimum absolute atomic E-state index is 0.322. The fourth-order valence-electron chi connectivity index (χ4n) is 1.18. The van der Waals surface area contributed by atoms with Crippen molar-refractivity contribution in [1.82, 2.24) is 0 Å². The number of alkyl halides is 3. The smallest absolute Gasteiger partial charge is 0.416 e. The molecule has 0 bridgehead atoms. The molecule has 0 spiro atoms. The predicted octanol–water partition coefficient (Wildman–Crippen LogP) is 0.775. The van der Waals surface area contributed by atoms with Crippen molar-refractivity contribution in [2.24, 2.45) is 0 Å². The summed E-state index contributed by atoms with van der Waals surface area (Å²) in [7, 11) is 0. The van der Waals surface area contributed by atoms with Crippen LogP contribution >= 0.6 is 0 Å². The van der Waals surface area contributed by atoms with E-state index in [1.165, 1.54) is 0 Å². The predicted molar refractivity (Wildman–Crippen MR) is 51.6 cm³/mol. The van der Waals surface area contributed by atoms with Crippen LogP contribution in [-0.2, 0) is 11.0 Å². The van der Waals surface area contributed by atoms with Gasteiger partial charge in [0.25, 0.3) is 5.69 Å². The van der Waals surface area contributed by atoms with E-state index in [0.29, 0.717) is 12.1 Å². The van der Waals surface area contributed by atoms with Crippen molar-refractivity contribution in [3.63, 3.8) is 0 Å². The second-order valence-electron chi connectivity index (χ2n) is 3.21. The third-order valence-corrected chi connectivity index (χ3v) is 1.94. The lowest BCUT2D eigenvalue weighted by Gasteiger charge is -2.10. The molecule has 1 aromatic rings. The second kappa shape index (κ2) is 4.90. The minimum atomic E-state index is -4.71. The normalized spacial score (nSPS) is 11.1. The van der Waals surface area contributed by atoms with Gasteiger partial charge in [0.15, 0.2) is 0 Å². The van der Waals surface area contributed by atoms with Crippen LogP contribution in [0.1, 0.15) is 5.56 Å². The van der Waals surface area contributed by atoms with Crippen molar-refractivity contribution in [1.29, 1.82) is 0 Å². The van der Waals surface area contributed by atoms with Gasteiger partial charge in [-0.2, -0.15) is 13.2 Å². The number of halogens is 3. The highest BCUT2D eigenvalue weighted by Crippen LogP contribution is 2.34. The summed E-state index contributed by atoms with van der Waals surface area (Å²) < 4.78 is 37.0. The number of nitro groups is 1. The summed E-state index contributed by atoms with van der Waals surface area (Å²) >= 11 is 0. The number of nitrogens with zero attached hydrogens (tertiary/aromatic N) is 1. The number of carboxylic acids is 1. The Balaban J connectivity index is 3.13. The first-order valence-electron chi connectivity index (χ1n) is 4.51. The number of anilines is 1. The Morgan fingerprint density at radius 1 is 1.39 bits per heavy atom. The lowest BCUT2D eigenvalue weighted by atomic mass is 10.1. The Labute approximate surface area is 98.2 Å². The highest BCUT2D eigenvalue weighted by atomic mass is 19.4. The summed E-state index contributed by atoms with van der Waals surface area (Å²) in [4.78, 5) is 19.7. The number of rotatable bonds is 4. The maximum atomic E-state index is 12.3. The number of hydrogen-bond acceptors (Lipinski definition) is 5. The maximum absolute atomic E-state index is 12.3. The molecule has 0 saturated heterocycles. The third kappa shape index (κ3) is 3.34. The molecule has 0 amide bonds. The lowest BCUT2D eigenvalue weighted by Crippen LogP contribution is -2.30. The van der Waals surface area contributed by atoms with Crippen LogP contribution in [0.3, 0.4) is 0 Å². The molecule has 1 rings (SSSR count). The van der Waals surface area contributed by atoms with Gasteiger partial charge in [-0.05, 0) is 12.1 Å². The van der Waals surface area contributed by atoms with Gasteiger partial charge in [-0.15, -0.1) is 0 Å². The number of carboxylic acid groups (broad SMARTS) is 1. The van der Waals surface area contributed by atoms with Crippen molar-refractivity contribution in [2.45, 2.75) is 6.18 Å². The fraction of sp³-hybridized carbons (Fsp3) is 0.222. The van der Waals surface area contributed by atoms with Gasteiger partial charge < -0.3 is 15.2 Å². The molecule has 0 fully saturated rings. The van der Waals surface area contributed by atoms with Crippen LogP contribution in [0, 0.1) is 10.1 Å². The molecule has 18 heavy (non-hydrogen) atoms. The fourth-order valence-corrected chi connectivity index (χ4v) is 1.18. The molecule has 0 atom stereocenters. The van der Waals surface area contributed by atoms with Gasteiger partial charge in [-0.1, -0.05) is 0 Å². The van der Waals surface area contributed by atoms with Crippen molar-refractivity contribution in [2.75, 3.05) is 11.9 Å². The van der Waals surface area contributed by atoms with E-state index < -0.39 is 34.9 Å². The van der Waals surface area contributed by atoms with Gasteiger partial charge in [0.1, 0.15) is 5.69 Å². The van der Waals surface area contributed by atoms with Crippen molar-refractivity contribution >= 4 is 17.3 Å². The van der Waals surface area contributed by atoms with Crippen LogP contribution in [0.4, 0.5) is 24.5 Å². The Morgan fingerprint density at radius 2 is 2.00 bits per heavy atom. The standard InChI is InChI=1S/C9H7F3N2O4/c10-9(11,12)5-1-2-6(13-4-8(15)16)7(3-5)14(17)18/h1-3,13H,4H2,(H,15,16)/p-1. The molecule has 0 aliphatic rings. The summed E-state index contributed by atoms with van der Waals surface area (Å²) in [6.45, 7) is -0.744. The Kier molecular flexibility index (Phi) is 3.74. The first-order chi connectivity index (χ1) is 8.21. The third-order valence-electron chi connectivity index (χ3n) is 1.94. The maximum Gasteiger partial charge on any atom is 0.416 e. The summed E-state index contributed by atoms with van der Waals surface area (Å²) in [6.07, 6.45) is -4.71.